The molecule has 0 amide bonds. The smallest absolute Gasteiger partial charge is 0.335 e. The first-order chi connectivity index (χ1) is 9.58. The summed E-state index contributed by atoms with van der Waals surface area (Å²) in [7, 11) is 0. The van der Waals surface area contributed by atoms with Gasteiger partial charge in [-0.1, -0.05) is 0 Å². The maximum absolute atomic E-state index is 11.1. The third-order valence-electron chi connectivity index (χ3n) is 3.31. The van der Waals surface area contributed by atoms with Crippen LogP contribution in [0.5, 0.6) is 0 Å². The second-order valence-electron chi connectivity index (χ2n) is 4.58. The van der Waals surface area contributed by atoms with E-state index in [-0.39, 0.29) is 11.6 Å². The molecule has 3 aromatic rings. The minimum absolute atomic E-state index is 0.0315. The van der Waals surface area contributed by atoms with Gasteiger partial charge < -0.3 is 9.67 Å². The molecule has 1 unspecified atom stereocenters. The van der Waals surface area contributed by atoms with Crippen molar-refractivity contribution < 1.29 is 9.90 Å². The summed E-state index contributed by atoms with van der Waals surface area (Å²) in [6, 6.07) is 5.03. The number of aromatic nitrogens is 3. The third kappa shape index (κ3) is 1.98. The molecule has 1 atom stereocenters. The molecule has 0 bridgehead atoms. The molecule has 0 aliphatic rings. The SMILES string of the molecule is Cc1nc2ccc(C(=O)O)cc2n1C(C)c1nccs1. The minimum Gasteiger partial charge on any atom is -0.478 e. The van der Waals surface area contributed by atoms with Crippen molar-refractivity contribution in [1.29, 1.82) is 0 Å². The zero-order chi connectivity index (χ0) is 14.3. The summed E-state index contributed by atoms with van der Waals surface area (Å²) in [5.41, 5.74) is 1.89. The van der Waals surface area contributed by atoms with Crippen molar-refractivity contribution in [2.24, 2.45) is 0 Å². The maximum Gasteiger partial charge on any atom is 0.335 e. The predicted molar refractivity (Wildman–Crippen MR) is 77.4 cm³/mol. The normalized spacial score (nSPS) is 12.7. The summed E-state index contributed by atoms with van der Waals surface area (Å²) in [5, 5.41) is 12.0. The molecule has 20 heavy (non-hydrogen) atoms. The van der Waals surface area contributed by atoms with E-state index in [2.05, 4.69) is 9.97 Å². The molecule has 0 fully saturated rings. The number of aromatic carboxylic acids is 1. The first-order valence-electron chi connectivity index (χ1n) is 6.19. The Morgan fingerprint density at radius 1 is 1.45 bits per heavy atom. The van der Waals surface area contributed by atoms with Gasteiger partial charge in [0.1, 0.15) is 10.8 Å². The number of carboxylic acids is 1. The lowest BCUT2D eigenvalue weighted by Gasteiger charge is -2.14. The van der Waals surface area contributed by atoms with Gasteiger partial charge in [0.25, 0.3) is 0 Å². The van der Waals surface area contributed by atoms with Gasteiger partial charge in [0.2, 0.25) is 0 Å². The van der Waals surface area contributed by atoms with E-state index in [9.17, 15) is 4.79 Å². The lowest BCUT2D eigenvalue weighted by Crippen LogP contribution is -2.08. The molecule has 102 valence electrons. The number of imidazole rings is 1. The molecule has 0 spiro atoms. The Morgan fingerprint density at radius 3 is 2.90 bits per heavy atom. The molecule has 0 saturated carbocycles. The molecule has 0 saturated heterocycles. The zero-order valence-corrected chi connectivity index (χ0v) is 11.9. The number of rotatable bonds is 3. The fraction of sp³-hybridized carbons (Fsp3) is 0.214. The number of aryl methyl sites for hydroxylation is 1. The van der Waals surface area contributed by atoms with E-state index in [1.807, 2.05) is 23.8 Å². The third-order valence-corrected chi connectivity index (χ3v) is 4.25. The number of hydrogen-bond acceptors (Lipinski definition) is 4. The van der Waals surface area contributed by atoms with Crippen LogP contribution in [-0.4, -0.2) is 25.6 Å². The molecule has 5 nitrogen and oxygen atoms in total. The van der Waals surface area contributed by atoms with Crippen LogP contribution in [0.1, 0.15) is 34.2 Å². The van der Waals surface area contributed by atoms with Crippen LogP contribution in [0.25, 0.3) is 11.0 Å². The lowest BCUT2D eigenvalue weighted by molar-refractivity contribution is 0.0697. The molecule has 0 aliphatic heterocycles. The molecule has 3 rings (SSSR count). The van der Waals surface area contributed by atoms with Gasteiger partial charge in [-0.3, -0.25) is 0 Å². The van der Waals surface area contributed by atoms with Crippen molar-refractivity contribution in [3.63, 3.8) is 0 Å². The van der Waals surface area contributed by atoms with Crippen LogP contribution in [0.4, 0.5) is 0 Å². The highest BCUT2D eigenvalue weighted by Crippen LogP contribution is 2.27. The van der Waals surface area contributed by atoms with Crippen molar-refractivity contribution in [1.82, 2.24) is 14.5 Å². The van der Waals surface area contributed by atoms with Crippen LogP contribution in [-0.2, 0) is 0 Å². The highest BCUT2D eigenvalue weighted by atomic mass is 32.1. The van der Waals surface area contributed by atoms with Crippen LogP contribution < -0.4 is 0 Å². The number of nitrogens with zero attached hydrogens (tertiary/aromatic N) is 3. The summed E-state index contributed by atoms with van der Waals surface area (Å²) in [5.74, 6) is -0.0792. The summed E-state index contributed by atoms with van der Waals surface area (Å²) in [4.78, 5) is 19.9. The molecule has 6 heteroatoms. The topological polar surface area (TPSA) is 68.0 Å². The summed E-state index contributed by atoms with van der Waals surface area (Å²) < 4.78 is 2.03. The van der Waals surface area contributed by atoms with Crippen molar-refractivity contribution >= 4 is 28.3 Å². The highest BCUT2D eigenvalue weighted by Gasteiger charge is 2.18. The Kier molecular flexibility index (Phi) is 3.02. The van der Waals surface area contributed by atoms with E-state index in [0.717, 1.165) is 21.9 Å². The van der Waals surface area contributed by atoms with Gasteiger partial charge in [-0.25, -0.2) is 14.8 Å². The maximum atomic E-state index is 11.1. The van der Waals surface area contributed by atoms with Crippen molar-refractivity contribution in [3.8, 4) is 0 Å². The van der Waals surface area contributed by atoms with Crippen molar-refractivity contribution in [3.05, 3.63) is 46.2 Å². The van der Waals surface area contributed by atoms with Crippen LogP contribution in [0, 0.1) is 6.92 Å². The molecule has 0 aliphatic carbocycles. The Balaban J connectivity index is 2.21. The van der Waals surface area contributed by atoms with Gasteiger partial charge in [0, 0.05) is 11.6 Å². The number of thiazole rings is 1. The predicted octanol–water partition coefficient (Wildman–Crippen LogP) is 3.11. The fourth-order valence-corrected chi connectivity index (χ4v) is 3.07. The lowest BCUT2D eigenvalue weighted by atomic mass is 10.2. The van der Waals surface area contributed by atoms with E-state index in [4.69, 9.17) is 5.11 Å². The Labute approximate surface area is 119 Å². The van der Waals surface area contributed by atoms with Gasteiger partial charge in [-0.2, -0.15) is 0 Å². The quantitative estimate of drug-likeness (QED) is 0.803. The zero-order valence-electron chi connectivity index (χ0n) is 11.1. The number of benzene rings is 1. The van der Waals surface area contributed by atoms with Gasteiger partial charge in [0.05, 0.1) is 22.6 Å². The Morgan fingerprint density at radius 2 is 2.25 bits per heavy atom. The minimum atomic E-state index is -0.931. The second-order valence-corrected chi connectivity index (χ2v) is 5.51. The number of carbonyl (C=O) groups is 1. The molecule has 2 heterocycles. The van der Waals surface area contributed by atoms with Crippen LogP contribution >= 0.6 is 11.3 Å². The monoisotopic (exact) mass is 287 g/mol. The molecule has 1 N–H and O–H groups in total. The van der Waals surface area contributed by atoms with E-state index in [1.54, 1.807) is 35.7 Å². The average molecular weight is 287 g/mol. The molecule has 2 aromatic heterocycles. The van der Waals surface area contributed by atoms with Crippen LogP contribution in [0.15, 0.2) is 29.8 Å². The summed E-state index contributed by atoms with van der Waals surface area (Å²) in [6.07, 6.45) is 1.77. The summed E-state index contributed by atoms with van der Waals surface area (Å²) in [6.45, 7) is 3.96. The van der Waals surface area contributed by atoms with Crippen LogP contribution in [0.3, 0.4) is 0 Å². The van der Waals surface area contributed by atoms with Gasteiger partial charge >= 0.3 is 5.97 Å². The second kappa shape index (κ2) is 4.72. The van der Waals surface area contributed by atoms with Gasteiger partial charge in [0.15, 0.2) is 0 Å². The Bertz CT molecular complexity index is 777. The average Bonchev–Trinajstić information content (AvgIpc) is 3.03. The first-order valence-corrected chi connectivity index (χ1v) is 7.07. The van der Waals surface area contributed by atoms with Crippen molar-refractivity contribution in [2.75, 3.05) is 0 Å². The van der Waals surface area contributed by atoms with E-state index in [0.29, 0.717) is 0 Å². The summed E-state index contributed by atoms with van der Waals surface area (Å²) >= 11 is 1.58. The molecular weight excluding hydrogens is 274 g/mol. The molecular formula is C14H13N3O2S. The highest BCUT2D eigenvalue weighted by molar-refractivity contribution is 7.09. The van der Waals surface area contributed by atoms with Crippen molar-refractivity contribution in [2.45, 2.75) is 19.9 Å². The van der Waals surface area contributed by atoms with E-state index < -0.39 is 5.97 Å². The van der Waals surface area contributed by atoms with E-state index in [1.165, 1.54) is 0 Å². The largest absolute Gasteiger partial charge is 0.478 e. The standard InChI is InChI=1S/C14H13N3O2S/c1-8(13-15-5-6-20-13)17-9(2)16-11-4-3-10(14(18)19)7-12(11)17/h3-8H,1-2H3,(H,18,19). The number of fused-ring (bicyclic) bond motifs is 1. The van der Waals surface area contributed by atoms with E-state index >= 15 is 0 Å². The molecule has 0 radical (unpaired) electrons. The fourth-order valence-electron chi connectivity index (χ4n) is 2.39. The number of hydrogen-bond donors (Lipinski definition) is 1. The van der Waals surface area contributed by atoms with Gasteiger partial charge in [-0.05, 0) is 32.0 Å². The Hall–Kier alpha value is -2.21. The first kappa shape index (κ1) is 12.8. The van der Waals surface area contributed by atoms with Crippen LogP contribution in [0.2, 0.25) is 0 Å². The number of carboxylic acid groups (broad SMARTS) is 1. The molecule has 1 aromatic carbocycles. The van der Waals surface area contributed by atoms with Gasteiger partial charge in [-0.15, -0.1) is 11.3 Å².